The summed E-state index contributed by atoms with van der Waals surface area (Å²) < 4.78 is 16.7. The Kier molecular flexibility index (Phi) is 6.49. The van der Waals surface area contributed by atoms with E-state index in [1.54, 1.807) is 11.3 Å². The molecule has 140 valence electrons. The molecule has 0 radical (unpaired) electrons. The Bertz CT molecular complexity index is 544. The fourth-order valence-electron chi connectivity index (χ4n) is 4.56. The average molecular weight is 368 g/mol. The van der Waals surface area contributed by atoms with E-state index in [4.69, 9.17) is 14.2 Å². The van der Waals surface area contributed by atoms with Crippen LogP contribution >= 0.6 is 11.3 Å². The first-order chi connectivity index (χ1) is 12.2. The lowest BCUT2D eigenvalue weighted by molar-refractivity contribution is -0.161. The third kappa shape index (κ3) is 3.92. The maximum atomic E-state index is 12.4. The van der Waals surface area contributed by atoms with Gasteiger partial charge < -0.3 is 14.2 Å². The predicted molar refractivity (Wildman–Crippen MR) is 97.7 cm³/mol. The van der Waals surface area contributed by atoms with Crippen LogP contribution in [0.1, 0.15) is 43.9 Å². The highest BCUT2D eigenvalue weighted by molar-refractivity contribution is 7.10. The molecule has 2 bridgehead atoms. The SMILES string of the molecule is CCOC(CN1[C@@H]2CC[C@@H]1[C@@H](c1cccs1)[C@@H](C(=O)OC)C2)OCC. The van der Waals surface area contributed by atoms with Gasteiger partial charge in [0.15, 0.2) is 6.29 Å². The van der Waals surface area contributed by atoms with Gasteiger partial charge in [-0.25, -0.2) is 0 Å². The quantitative estimate of drug-likeness (QED) is 0.521. The van der Waals surface area contributed by atoms with Crippen LogP contribution in [-0.2, 0) is 19.0 Å². The van der Waals surface area contributed by atoms with E-state index in [-0.39, 0.29) is 24.1 Å². The number of ether oxygens (including phenoxy) is 3. The minimum atomic E-state index is -0.197. The molecule has 2 saturated heterocycles. The first-order valence-corrected chi connectivity index (χ1v) is 10.2. The predicted octanol–water partition coefficient (Wildman–Crippen LogP) is 3.26. The monoisotopic (exact) mass is 367 g/mol. The summed E-state index contributed by atoms with van der Waals surface area (Å²) in [6.07, 6.45) is 2.91. The van der Waals surface area contributed by atoms with E-state index >= 15 is 0 Å². The van der Waals surface area contributed by atoms with Gasteiger partial charge >= 0.3 is 5.97 Å². The highest BCUT2D eigenvalue weighted by Gasteiger charge is 2.51. The number of carbonyl (C=O) groups excluding carboxylic acids is 1. The van der Waals surface area contributed by atoms with Crippen molar-refractivity contribution in [3.05, 3.63) is 22.4 Å². The van der Waals surface area contributed by atoms with Gasteiger partial charge in [0.2, 0.25) is 0 Å². The van der Waals surface area contributed by atoms with Gasteiger partial charge in [-0.1, -0.05) is 6.07 Å². The van der Waals surface area contributed by atoms with Crippen LogP contribution in [0.4, 0.5) is 0 Å². The van der Waals surface area contributed by atoms with Crippen molar-refractivity contribution in [2.75, 3.05) is 26.9 Å². The van der Waals surface area contributed by atoms with E-state index < -0.39 is 0 Å². The number of hydrogen-bond donors (Lipinski definition) is 0. The summed E-state index contributed by atoms with van der Waals surface area (Å²) in [5.74, 6) is 0.0891. The maximum Gasteiger partial charge on any atom is 0.309 e. The molecule has 6 heteroatoms. The molecule has 25 heavy (non-hydrogen) atoms. The van der Waals surface area contributed by atoms with Gasteiger partial charge in [-0.3, -0.25) is 9.69 Å². The van der Waals surface area contributed by atoms with E-state index in [1.165, 1.54) is 12.0 Å². The number of methoxy groups -OCH3 is 1. The van der Waals surface area contributed by atoms with Gasteiger partial charge in [0.05, 0.1) is 19.6 Å². The summed E-state index contributed by atoms with van der Waals surface area (Å²) in [5, 5.41) is 2.10. The Hall–Kier alpha value is -0.950. The van der Waals surface area contributed by atoms with Crippen molar-refractivity contribution in [1.29, 1.82) is 0 Å². The van der Waals surface area contributed by atoms with Crippen molar-refractivity contribution < 1.29 is 19.0 Å². The maximum absolute atomic E-state index is 12.4. The topological polar surface area (TPSA) is 48.0 Å². The number of thiophene rings is 1. The molecule has 0 amide bonds. The van der Waals surface area contributed by atoms with E-state index in [1.807, 2.05) is 13.8 Å². The van der Waals surface area contributed by atoms with Crippen LogP contribution in [0.25, 0.3) is 0 Å². The molecule has 1 aromatic heterocycles. The Morgan fingerprint density at radius 2 is 2.08 bits per heavy atom. The van der Waals surface area contributed by atoms with Crippen molar-refractivity contribution >= 4 is 17.3 Å². The highest BCUT2D eigenvalue weighted by Crippen LogP contribution is 2.48. The first-order valence-electron chi connectivity index (χ1n) is 9.29. The molecule has 3 heterocycles. The van der Waals surface area contributed by atoms with E-state index in [9.17, 15) is 4.79 Å². The standard InChI is InChI=1S/C19H29NO4S/c1-4-23-17(24-5-2)12-20-13-8-9-15(20)18(16-7-6-10-25-16)14(11-13)19(21)22-3/h6-7,10,13-15,17-18H,4-5,8-9,11-12H2,1-3H3/t13-,14+,15-,18+/m1/s1. The molecule has 0 aromatic carbocycles. The van der Waals surface area contributed by atoms with Crippen LogP contribution < -0.4 is 0 Å². The van der Waals surface area contributed by atoms with Gasteiger partial charge in [0.25, 0.3) is 0 Å². The summed E-state index contributed by atoms with van der Waals surface area (Å²) in [5.41, 5.74) is 0. The summed E-state index contributed by atoms with van der Waals surface area (Å²) >= 11 is 1.74. The minimum absolute atomic E-state index is 0.0463. The zero-order valence-corrected chi connectivity index (χ0v) is 16.2. The van der Waals surface area contributed by atoms with Crippen molar-refractivity contribution in [2.45, 2.75) is 57.4 Å². The fourth-order valence-corrected chi connectivity index (χ4v) is 5.51. The van der Waals surface area contributed by atoms with Crippen molar-refractivity contribution in [2.24, 2.45) is 5.92 Å². The van der Waals surface area contributed by atoms with Crippen molar-refractivity contribution in [3.8, 4) is 0 Å². The van der Waals surface area contributed by atoms with Gasteiger partial charge in [0, 0.05) is 36.1 Å². The molecule has 3 rings (SSSR count). The zero-order chi connectivity index (χ0) is 17.8. The fraction of sp³-hybridized carbons (Fsp3) is 0.737. The number of esters is 1. The normalized spacial score (nSPS) is 29.3. The summed E-state index contributed by atoms with van der Waals surface area (Å²) in [7, 11) is 1.50. The van der Waals surface area contributed by atoms with Gasteiger partial charge in [-0.2, -0.15) is 0 Å². The minimum Gasteiger partial charge on any atom is -0.469 e. The van der Waals surface area contributed by atoms with Crippen LogP contribution in [-0.4, -0.2) is 56.1 Å². The lowest BCUT2D eigenvalue weighted by atomic mass is 9.79. The van der Waals surface area contributed by atoms with Crippen LogP contribution in [0.15, 0.2) is 17.5 Å². The molecular formula is C19H29NO4S. The molecule has 5 nitrogen and oxygen atoms in total. The van der Waals surface area contributed by atoms with Gasteiger partial charge in [0.1, 0.15) is 0 Å². The molecule has 2 aliphatic rings. The Morgan fingerprint density at radius 3 is 2.68 bits per heavy atom. The Labute approximate surface area is 154 Å². The lowest BCUT2D eigenvalue weighted by Gasteiger charge is -2.44. The third-order valence-electron chi connectivity index (χ3n) is 5.51. The number of piperidine rings is 1. The van der Waals surface area contributed by atoms with Gasteiger partial charge in [-0.05, 0) is 44.6 Å². The summed E-state index contributed by atoms with van der Waals surface area (Å²) in [6, 6.07) is 4.99. The molecule has 2 fully saturated rings. The molecule has 4 atom stereocenters. The second-order valence-corrected chi connectivity index (χ2v) is 7.72. The van der Waals surface area contributed by atoms with Crippen LogP contribution in [0.3, 0.4) is 0 Å². The number of rotatable bonds is 8. The Balaban J connectivity index is 1.82. The molecule has 0 spiro atoms. The number of nitrogens with zero attached hydrogens (tertiary/aromatic N) is 1. The van der Waals surface area contributed by atoms with Crippen LogP contribution in [0, 0.1) is 5.92 Å². The molecule has 0 aliphatic carbocycles. The average Bonchev–Trinajstić information content (AvgIpc) is 3.22. The molecule has 0 N–H and O–H groups in total. The van der Waals surface area contributed by atoms with Crippen LogP contribution in [0.5, 0.6) is 0 Å². The first kappa shape index (κ1) is 18.8. The van der Waals surface area contributed by atoms with E-state index in [0.717, 1.165) is 25.8 Å². The number of carbonyl (C=O) groups is 1. The zero-order valence-electron chi connectivity index (χ0n) is 15.3. The summed E-state index contributed by atoms with van der Waals surface area (Å²) in [4.78, 5) is 16.3. The lowest BCUT2D eigenvalue weighted by Crippen LogP contribution is -2.52. The Morgan fingerprint density at radius 1 is 1.32 bits per heavy atom. The molecule has 1 aromatic rings. The van der Waals surface area contributed by atoms with Crippen molar-refractivity contribution in [1.82, 2.24) is 4.90 Å². The molecule has 0 saturated carbocycles. The summed E-state index contributed by atoms with van der Waals surface area (Å²) in [6.45, 7) is 6.06. The van der Waals surface area contributed by atoms with E-state index in [0.29, 0.717) is 25.3 Å². The van der Waals surface area contributed by atoms with E-state index in [2.05, 4.69) is 22.4 Å². The molecular weight excluding hydrogens is 338 g/mol. The number of hydrogen-bond acceptors (Lipinski definition) is 6. The molecule has 2 aliphatic heterocycles. The van der Waals surface area contributed by atoms with Gasteiger partial charge in [-0.15, -0.1) is 11.3 Å². The molecule has 0 unspecified atom stereocenters. The highest BCUT2D eigenvalue weighted by atomic mass is 32.1. The largest absolute Gasteiger partial charge is 0.469 e. The van der Waals surface area contributed by atoms with Crippen molar-refractivity contribution in [3.63, 3.8) is 0 Å². The third-order valence-corrected chi connectivity index (χ3v) is 6.48. The second kappa shape index (κ2) is 8.62. The number of fused-ring (bicyclic) bond motifs is 2. The second-order valence-electron chi connectivity index (χ2n) is 6.74. The smallest absolute Gasteiger partial charge is 0.309 e. The van der Waals surface area contributed by atoms with Crippen LogP contribution in [0.2, 0.25) is 0 Å².